The Kier molecular flexibility index (Phi) is 4.35. The van der Waals surface area contributed by atoms with Gasteiger partial charge in [-0.05, 0) is 30.5 Å². The molecule has 5 nitrogen and oxygen atoms in total. The van der Waals surface area contributed by atoms with E-state index in [-0.39, 0.29) is 5.41 Å². The van der Waals surface area contributed by atoms with E-state index in [1.165, 1.54) is 0 Å². The fourth-order valence-corrected chi connectivity index (χ4v) is 2.14. The summed E-state index contributed by atoms with van der Waals surface area (Å²) in [7, 11) is 3.17. The first-order valence-corrected chi connectivity index (χ1v) is 6.63. The maximum absolute atomic E-state index is 8.84. The van der Waals surface area contributed by atoms with Gasteiger partial charge in [0.05, 0.1) is 26.9 Å². The number of hydrogen-bond acceptors (Lipinski definition) is 5. The highest BCUT2D eigenvalue weighted by Crippen LogP contribution is 2.50. The van der Waals surface area contributed by atoms with Gasteiger partial charge in [-0.3, -0.25) is 0 Å². The second-order valence-electron chi connectivity index (χ2n) is 5.16. The van der Waals surface area contributed by atoms with Crippen molar-refractivity contribution in [2.45, 2.75) is 25.8 Å². The Hall–Kier alpha value is -1.93. The monoisotopic (exact) mass is 276 g/mol. The summed E-state index contributed by atoms with van der Waals surface area (Å²) in [5, 5.41) is 8.84. The van der Waals surface area contributed by atoms with Crippen LogP contribution in [0.3, 0.4) is 0 Å². The van der Waals surface area contributed by atoms with E-state index in [0.717, 1.165) is 18.4 Å². The maximum Gasteiger partial charge on any atom is 0.203 e. The molecule has 0 heterocycles. The summed E-state index contributed by atoms with van der Waals surface area (Å²) < 4.78 is 16.6. The van der Waals surface area contributed by atoms with Crippen LogP contribution < -0.4 is 19.9 Å². The van der Waals surface area contributed by atoms with Gasteiger partial charge in [-0.1, -0.05) is 0 Å². The van der Waals surface area contributed by atoms with Gasteiger partial charge in [0.15, 0.2) is 11.5 Å². The predicted molar refractivity (Wildman–Crippen MR) is 74.8 cm³/mol. The first-order valence-electron chi connectivity index (χ1n) is 6.63. The number of methoxy groups -OCH3 is 2. The minimum absolute atomic E-state index is 0.0112. The molecule has 2 rings (SSSR count). The molecule has 0 aliphatic heterocycles. The Labute approximate surface area is 119 Å². The third-order valence-electron chi connectivity index (χ3n) is 3.69. The summed E-state index contributed by atoms with van der Waals surface area (Å²) in [5.41, 5.74) is 6.58. The molecule has 0 saturated heterocycles. The smallest absolute Gasteiger partial charge is 0.203 e. The number of nitriles is 1. The number of nitrogens with two attached hydrogens (primary N) is 1. The Morgan fingerprint density at radius 2 is 1.85 bits per heavy atom. The van der Waals surface area contributed by atoms with Crippen LogP contribution in [0.25, 0.3) is 0 Å². The lowest BCUT2D eigenvalue weighted by Crippen LogP contribution is -2.13. The number of nitrogens with zero attached hydrogens (tertiary/aromatic N) is 1. The van der Waals surface area contributed by atoms with E-state index in [4.69, 9.17) is 25.2 Å². The van der Waals surface area contributed by atoms with Crippen LogP contribution in [0, 0.1) is 16.7 Å². The van der Waals surface area contributed by atoms with Crippen molar-refractivity contribution in [1.82, 2.24) is 0 Å². The summed E-state index contributed by atoms with van der Waals surface area (Å²) in [5.74, 6) is 1.80. The molecule has 2 N–H and O–H groups in total. The highest BCUT2D eigenvalue weighted by atomic mass is 16.5. The van der Waals surface area contributed by atoms with Gasteiger partial charge in [0.1, 0.15) is 0 Å². The minimum atomic E-state index is 0.0112. The third-order valence-corrected chi connectivity index (χ3v) is 3.69. The zero-order chi connectivity index (χ0) is 14.6. The Morgan fingerprint density at radius 3 is 2.25 bits per heavy atom. The molecule has 0 atom stereocenters. The zero-order valence-corrected chi connectivity index (χ0v) is 11.9. The van der Waals surface area contributed by atoms with Gasteiger partial charge in [0.2, 0.25) is 5.75 Å². The normalized spacial score (nSPS) is 15.3. The Bertz CT molecular complexity index is 493. The van der Waals surface area contributed by atoms with Crippen molar-refractivity contribution >= 4 is 0 Å². The van der Waals surface area contributed by atoms with Gasteiger partial charge >= 0.3 is 0 Å². The molecule has 1 aromatic rings. The molecule has 1 fully saturated rings. The van der Waals surface area contributed by atoms with E-state index < -0.39 is 0 Å². The zero-order valence-electron chi connectivity index (χ0n) is 11.9. The van der Waals surface area contributed by atoms with Crippen molar-refractivity contribution in [3.05, 3.63) is 17.7 Å². The molecule has 1 aromatic carbocycles. The fourth-order valence-electron chi connectivity index (χ4n) is 2.14. The van der Waals surface area contributed by atoms with Crippen molar-refractivity contribution in [2.75, 3.05) is 20.8 Å². The maximum atomic E-state index is 8.84. The molecule has 1 saturated carbocycles. The Morgan fingerprint density at radius 1 is 1.25 bits per heavy atom. The first-order chi connectivity index (χ1) is 9.68. The van der Waals surface area contributed by atoms with Crippen molar-refractivity contribution < 1.29 is 14.2 Å². The van der Waals surface area contributed by atoms with Gasteiger partial charge < -0.3 is 19.9 Å². The molecule has 5 heteroatoms. The average molecular weight is 276 g/mol. The largest absolute Gasteiger partial charge is 0.493 e. The van der Waals surface area contributed by atoms with Crippen molar-refractivity contribution in [2.24, 2.45) is 11.1 Å². The third kappa shape index (κ3) is 2.97. The van der Waals surface area contributed by atoms with Gasteiger partial charge in [0, 0.05) is 18.4 Å². The quantitative estimate of drug-likeness (QED) is 0.826. The van der Waals surface area contributed by atoms with Gasteiger partial charge in [-0.25, -0.2) is 0 Å². The van der Waals surface area contributed by atoms with Crippen molar-refractivity contribution in [3.8, 4) is 23.3 Å². The molecule has 108 valence electrons. The summed E-state index contributed by atoms with van der Waals surface area (Å²) in [6.07, 6.45) is 2.59. The average Bonchev–Trinajstić information content (AvgIpc) is 3.24. The second-order valence-corrected chi connectivity index (χ2v) is 5.16. The lowest BCUT2D eigenvalue weighted by molar-refractivity contribution is 0.217. The molecule has 1 aliphatic rings. The van der Waals surface area contributed by atoms with E-state index in [1.807, 2.05) is 12.1 Å². The molecule has 1 aliphatic carbocycles. The van der Waals surface area contributed by atoms with Gasteiger partial charge in [-0.2, -0.15) is 5.26 Å². The van der Waals surface area contributed by atoms with Crippen LogP contribution in [0.4, 0.5) is 0 Å². The first kappa shape index (κ1) is 14.5. The second kappa shape index (κ2) is 6.02. The highest BCUT2D eigenvalue weighted by molar-refractivity contribution is 5.54. The van der Waals surface area contributed by atoms with Crippen molar-refractivity contribution in [1.29, 1.82) is 5.26 Å². The summed E-state index contributed by atoms with van der Waals surface area (Å²) in [4.78, 5) is 0. The van der Waals surface area contributed by atoms with Crippen LogP contribution in [0.15, 0.2) is 12.1 Å². The van der Waals surface area contributed by atoms with Crippen LogP contribution >= 0.6 is 0 Å². The topological polar surface area (TPSA) is 77.5 Å². The molecule has 0 aromatic heterocycles. The number of benzene rings is 1. The number of hydrogen-bond donors (Lipinski definition) is 1. The van der Waals surface area contributed by atoms with Gasteiger partial charge in [0.25, 0.3) is 0 Å². The molecule has 0 bridgehead atoms. The molecule has 0 radical (unpaired) electrons. The predicted octanol–water partition coefficient (Wildman–Crippen LogP) is 2.24. The standard InChI is InChI=1S/C15H20N2O3/c1-18-12-7-11(9-17)8-13(19-2)14(12)20-10-15(3-4-15)5-6-16/h7-8H,3-5,9-10,17H2,1-2H3. The Balaban J connectivity index is 2.19. The molecular weight excluding hydrogens is 256 g/mol. The van der Waals surface area contributed by atoms with Crippen LogP contribution in [-0.4, -0.2) is 20.8 Å². The summed E-state index contributed by atoms with van der Waals surface area (Å²) in [6, 6.07) is 5.92. The fraction of sp³-hybridized carbons (Fsp3) is 0.533. The number of rotatable bonds is 7. The molecule has 0 amide bonds. The summed E-state index contributed by atoms with van der Waals surface area (Å²) >= 11 is 0. The van der Waals surface area contributed by atoms with Crippen molar-refractivity contribution in [3.63, 3.8) is 0 Å². The van der Waals surface area contributed by atoms with Crippen LogP contribution in [-0.2, 0) is 6.54 Å². The van der Waals surface area contributed by atoms with Crippen LogP contribution in [0.1, 0.15) is 24.8 Å². The molecule has 20 heavy (non-hydrogen) atoms. The van der Waals surface area contributed by atoms with E-state index in [1.54, 1.807) is 14.2 Å². The minimum Gasteiger partial charge on any atom is -0.493 e. The van der Waals surface area contributed by atoms with E-state index in [9.17, 15) is 0 Å². The molecule has 0 spiro atoms. The van der Waals surface area contributed by atoms with E-state index in [0.29, 0.717) is 36.8 Å². The van der Waals surface area contributed by atoms with Gasteiger partial charge in [-0.15, -0.1) is 0 Å². The van der Waals surface area contributed by atoms with Crippen LogP contribution in [0.2, 0.25) is 0 Å². The highest BCUT2D eigenvalue weighted by Gasteiger charge is 2.43. The van der Waals surface area contributed by atoms with Crippen LogP contribution in [0.5, 0.6) is 17.2 Å². The lowest BCUT2D eigenvalue weighted by atomic mass is 10.1. The molecule has 0 unspecified atom stereocenters. The number of ether oxygens (including phenoxy) is 3. The van der Waals surface area contributed by atoms with E-state index in [2.05, 4.69) is 6.07 Å². The molecular formula is C15H20N2O3. The summed E-state index contributed by atoms with van der Waals surface area (Å²) in [6.45, 7) is 0.917. The SMILES string of the molecule is COc1cc(CN)cc(OC)c1OCC1(CC#N)CC1. The van der Waals surface area contributed by atoms with E-state index >= 15 is 0 Å². The lowest BCUT2D eigenvalue weighted by Gasteiger charge is -2.18.